The maximum atomic E-state index is 11.7. The van der Waals surface area contributed by atoms with Crippen molar-refractivity contribution >= 4 is 23.8 Å². The van der Waals surface area contributed by atoms with Crippen molar-refractivity contribution in [3.63, 3.8) is 0 Å². The Labute approximate surface area is 114 Å². The summed E-state index contributed by atoms with van der Waals surface area (Å²) in [5.41, 5.74) is 0.0966. The van der Waals surface area contributed by atoms with Crippen molar-refractivity contribution < 1.29 is 33.8 Å². The van der Waals surface area contributed by atoms with Crippen LogP contribution >= 0.6 is 0 Å². The molecule has 1 heterocycles. The zero-order chi connectivity index (χ0) is 15.3. The number of amides is 1. The number of ether oxygens (including phenoxy) is 2. The molecule has 8 heteroatoms. The van der Waals surface area contributed by atoms with Crippen molar-refractivity contribution in [2.24, 2.45) is 0 Å². The highest BCUT2D eigenvalue weighted by molar-refractivity contribution is 5.96. The van der Waals surface area contributed by atoms with Crippen molar-refractivity contribution in [2.75, 3.05) is 19.7 Å². The van der Waals surface area contributed by atoms with Gasteiger partial charge >= 0.3 is 17.9 Å². The first-order chi connectivity index (χ1) is 9.31. The van der Waals surface area contributed by atoms with E-state index in [2.05, 4.69) is 11.3 Å². The lowest BCUT2D eigenvalue weighted by atomic mass is 10.3. The third kappa shape index (κ3) is 4.38. The maximum Gasteiger partial charge on any atom is 0.347 e. The van der Waals surface area contributed by atoms with Crippen LogP contribution in [-0.4, -0.2) is 59.6 Å². The molecule has 1 atom stereocenters. The average molecular weight is 285 g/mol. The summed E-state index contributed by atoms with van der Waals surface area (Å²) in [7, 11) is 0. The van der Waals surface area contributed by atoms with E-state index in [1.807, 2.05) is 0 Å². The molecule has 1 aliphatic rings. The summed E-state index contributed by atoms with van der Waals surface area (Å²) in [6.07, 6.45) is -0.744. The quantitative estimate of drug-likeness (QED) is 0.509. The van der Waals surface area contributed by atoms with Gasteiger partial charge < -0.3 is 19.5 Å². The van der Waals surface area contributed by atoms with Gasteiger partial charge in [-0.05, 0) is 6.92 Å². The lowest BCUT2D eigenvalue weighted by Gasteiger charge is -2.20. The molecular formula is C12H15NO7. The second-order valence-electron chi connectivity index (χ2n) is 4.27. The Morgan fingerprint density at radius 3 is 2.55 bits per heavy atom. The zero-order valence-corrected chi connectivity index (χ0v) is 11.0. The molecule has 0 bridgehead atoms. The lowest BCUT2D eigenvalue weighted by Crippen LogP contribution is -2.41. The molecule has 0 aliphatic carbocycles. The first-order valence-electron chi connectivity index (χ1n) is 5.84. The van der Waals surface area contributed by atoms with Crippen LogP contribution in [0.3, 0.4) is 0 Å². The molecule has 8 nitrogen and oxygen atoms in total. The van der Waals surface area contributed by atoms with Gasteiger partial charge in [0.25, 0.3) is 0 Å². The normalized spacial score (nSPS) is 17.2. The summed E-state index contributed by atoms with van der Waals surface area (Å²) in [6.45, 7) is 3.74. The number of hydrogen-bond donors (Lipinski definition) is 1. The summed E-state index contributed by atoms with van der Waals surface area (Å²) in [4.78, 5) is 45.9. The van der Waals surface area contributed by atoms with Crippen molar-refractivity contribution in [3.05, 3.63) is 12.2 Å². The fraction of sp³-hybridized carbons (Fsp3) is 0.500. The molecule has 1 saturated heterocycles. The fourth-order valence-electron chi connectivity index (χ4n) is 1.57. The molecule has 1 fully saturated rings. The van der Waals surface area contributed by atoms with E-state index in [1.54, 1.807) is 0 Å². The van der Waals surface area contributed by atoms with Crippen LogP contribution in [0.15, 0.2) is 12.2 Å². The first-order valence-corrected chi connectivity index (χ1v) is 5.84. The van der Waals surface area contributed by atoms with Gasteiger partial charge in [0.1, 0.15) is 13.1 Å². The second kappa shape index (κ2) is 6.69. The van der Waals surface area contributed by atoms with Crippen LogP contribution in [0.1, 0.15) is 13.3 Å². The molecule has 0 radical (unpaired) electrons. The number of carboxylic acids is 1. The van der Waals surface area contributed by atoms with Gasteiger partial charge in [0.05, 0.1) is 6.61 Å². The molecule has 1 rings (SSSR count). The van der Waals surface area contributed by atoms with E-state index in [4.69, 9.17) is 9.84 Å². The predicted octanol–water partition coefficient (Wildman–Crippen LogP) is -0.666. The van der Waals surface area contributed by atoms with E-state index in [0.29, 0.717) is 0 Å². The number of hydrogen-bond acceptors (Lipinski definition) is 6. The van der Waals surface area contributed by atoms with Crippen LogP contribution in [0.5, 0.6) is 0 Å². The van der Waals surface area contributed by atoms with E-state index >= 15 is 0 Å². The summed E-state index contributed by atoms with van der Waals surface area (Å²) in [5.74, 6) is -3.45. The van der Waals surface area contributed by atoms with E-state index in [0.717, 1.165) is 4.90 Å². The minimum atomic E-state index is -1.27. The first kappa shape index (κ1) is 15.7. The van der Waals surface area contributed by atoms with Crippen molar-refractivity contribution in [3.8, 4) is 0 Å². The summed E-state index contributed by atoms with van der Waals surface area (Å²) in [6, 6.07) is 0. The molecule has 20 heavy (non-hydrogen) atoms. The monoisotopic (exact) mass is 285 g/mol. The van der Waals surface area contributed by atoms with Crippen LogP contribution < -0.4 is 0 Å². The van der Waals surface area contributed by atoms with Gasteiger partial charge in [0, 0.05) is 12.0 Å². The Kier molecular flexibility index (Phi) is 5.24. The third-order valence-corrected chi connectivity index (χ3v) is 2.46. The van der Waals surface area contributed by atoms with Gasteiger partial charge in [-0.25, -0.2) is 4.79 Å². The van der Waals surface area contributed by atoms with Crippen LogP contribution in [-0.2, 0) is 28.7 Å². The molecule has 0 aromatic heterocycles. The molecule has 0 spiro atoms. The SMILES string of the molecule is C=C(C)C(=O)N(CC(=O)O)CC(=O)OC1CCOC1=O. The standard InChI is InChI=1S/C12H15NO7/c1-7(2)11(17)13(5-9(14)15)6-10(16)20-8-3-4-19-12(8)18/h8H,1,3-6H2,2H3,(H,14,15). The van der Waals surface area contributed by atoms with E-state index in [1.165, 1.54) is 6.92 Å². The number of esters is 2. The zero-order valence-electron chi connectivity index (χ0n) is 11.0. The highest BCUT2D eigenvalue weighted by atomic mass is 16.6. The number of nitrogens with zero attached hydrogens (tertiary/aromatic N) is 1. The number of carbonyl (C=O) groups is 4. The Morgan fingerprint density at radius 1 is 1.45 bits per heavy atom. The Bertz CT molecular complexity index is 457. The van der Waals surface area contributed by atoms with Gasteiger partial charge in [-0.1, -0.05) is 6.58 Å². The number of rotatable bonds is 6. The number of carbonyl (C=O) groups excluding carboxylic acids is 3. The summed E-state index contributed by atoms with van der Waals surface area (Å²) < 4.78 is 9.45. The molecule has 1 aliphatic heterocycles. The number of aliphatic carboxylic acids is 1. The molecule has 110 valence electrons. The van der Waals surface area contributed by atoms with E-state index in [9.17, 15) is 19.2 Å². The third-order valence-electron chi connectivity index (χ3n) is 2.46. The minimum absolute atomic E-state index is 0.0966. The molecule has 0 aromatic carbocycles. The number of cyclic esters (lactones) is 1. The largest absolute Gasteiger partial charge is 0.480 e. The average Bonchev–Trinajstić information content (AvgIpc) is 2.72. The van der Waals surface area contributed by atoms with Crippen LogP contribution in [0.25, 0.3) is 0 Å². The Hall–Kier alpha value is -2.38. The fourth-order valence-corrected chi connectivity index (χ4v) is 1.57. The minimum Gasteiger partial charge on any atom is -0.480 e. The highest BCUT2D eigenvalue weighted by Gasteiger charge is 2.31. The highest BCUT2D eigenvalue weighted by Crippen LogP contribution is 2.11. The topological polar surface area (TPSA) is 110 Å². The molecule has 1 amide bonds. The van der Waals surface area contributed by atoms with Crippen molar-refractivity contribution in [1.82, 2.24) is 4.90 Å². The Morgan fingerprint density at radius 2 is 2.10 bits per heavy atom. The molecule has 0 saturated carbocycles. The molecular weight excluding hydrogens is 270 g/mol. The second-order valence-corrected chi connectivity index (χ2v) is 4.27. The van der Waals surface area contributed by atoms with E-state index in [-0.39, 0.29) is 18.6 Å². The van der Waals surface area contributed by atoms with Gasteiger partial charge in [-0.3, -0.25) is 14.4 Å². The molecule has 1 N–H and O–H groups in total. The maximum absolute atomic E-state index is 11.7. The van der Waals surface area contributed by atoms with Crippen molar-refractivity contribution in [2.45, 2.75) is 19.4 Å². The van der Waals surface area contributed by atoms with Gasteiger partial charge in [0.2, 0.25) is 12.0 Å². The van der Waals surface area contributed by atoms with Crippen LogP contribution in [0, 0.1) is 0 Å². The van der Waals surface area contributed by atoms with Crippen molar-refractivity contribution in [1.29, 1.82) is 0 Å². The van der Waals surface area contributed by atoms with Crippen LogP contribution in [0.2, 0.25) is 0 Å². The predicted molar refractivity (Wildman–Crippen MR) is 64.5 cm³/mol. The number of carboxylic acid groups (broad SMARTS) is 1. The summed E-state index contributed by atoms with van der Waals surface area (Å²) >= 11 is 0. The molecule has 1 unspecified atom stereocenters. The Balaban J connectivity index is 2.61. The molecule has 0 aromatic rings. The van der Waals surface area contributed by atoms with Gasteiger partial charge in [0.15, 0.2) is 0 Å². The van der Waals surface area contributed by atoms with Crippen LogP contribution in [0.4, 0.5) is 0 Å². The summed E-state index contributed by atoms with van der Waals surface area (Å²) in [5, 5.41) is 8.70. The van der Waals surface area contributed by atoms with E-state index < -0.39 is 43.0 Å². The smallest absolute Gasteiger partial charge is 0.347 e. The van der Waals surface area contributed by atoms with Gasteiger partial charge in [-0.2, -0.15) is 0 Å². The van der Waals surface area contributed by atoms with Gasteiger partial charge in [-0.15, -0.1) is 0 Å². The lowest BCUT2D eigenvalue weighted by molar-refractivity contribution is -0.162.